The lowest BCUT2D eigenvalue weighted by Crippen LogP contribution is -2.24. The van der Waals surface area contributed by atoms with Gasteiger partial charge in [-0.15, -0.1) is 0 Å². The molecule has 3 aromatic rings. The Bertz CT molecular complexity index is 956. The van der Waals surface area contributed by atoms with Gasteiger partial charge in [-0.05, 0) is 48.9 Å². The quantitative estimate of drug-likeness (QED) is 0.446. The Morgan fingerprint density at radius 2 is 1.47 bits per heavy atom. The number of nitrogens with one attached hydrogen (secondary N) is 1. The number of amides is 1. The summed E-state index contributed by atoms with van der Waals surface area (Å²) in [7, 11) is 0. The monoisotopic (exact) mass is 427 g/mol. The molecule has 0 bridgehead atoms. The van der Waals surface area contributed by atoms with Gasteiger partial charge in [0.15, 0.2) is 0 Å². The van der Waals surface area contributed by atoms with Gasteiger partial charge < -0.3 is 10.2 Å². The second-order valence-corrected chi connectivity index (χ2v) is 8.89. The average Bonchev–Trinajstić information content (AvgIpc) is 2.82. The molecule has 1 saturated carbocycles. The van der Waals surface area contributed by atoms with Gasteiger partial charge in [-0.3, -0.25) is 4.79 Å². The van der Waals surface area contributed by atoms with Crippen molar-refractivity contribution in [2.24, 2.45) is 5.92 Å². The van der Waals surface area contributed by atoms with Crippen molar-refractivity contribution in [2.75, 3.05) is 10.2 Å². The highest BCUT2D eigenvalue weighted by Crippen LogP contribution is 2.27. The number of benzene rings is 2. The fraction of sp³-hybridized carbons (Fsp3) is 0.357. The lowest BCUT2D eigenvalue weighted by molar-refractivity contribution is -0.117. The zero-order valence-corrected chi connectivity index (χ0v) is 19.0. The SMILES string of the molecule is Cc1nc(N(Cc2ccccc2)Cc2ccccc2)ccc1NC(=O)CC1CCCCC1. The normalized spacial score (nSPS) is 14.2. The van der Waals surface area contributed by atoms with Crippen LogP contribution in [-0.4, -0.2) is 10.9 Å². The zero-order valence-electron chi connectivity index (χ0n) is 19.0. The fourth-order valence-electron chi connectivity index (χ4n) is 4.54. The van der Waals surface area contributed by atoms with Crippen molar-refractivity contribution in [3.8, 4) is 0 Å². The van der Waals surface area contributed by atoms with Crippen LogP contribution < -0.4 is 10.2 Å². The molecule has 166 valence electrons. The first-order chi connectivity index (χ1) is 15.7. The van der Waals surface area contributed by atoms with Crippen molar-refractivity contribution >= 4 is 17.4 Å². The van der Waals surface area contributed by atoms with Crippen LogP contribution in [0.1, 0.15) is 55.3 Å². The van der Waals surface area contributed by atoms with Crippen LogP contribution in [0.4, 0.5) is 11.5 Å². The minimum atomic E-state index is 0.111. The number of anilines is 2. The molecular formula is C28H33N3O. The smallest absolute Gasteiger partial charge is 0.224 e. The second-order valence-electron chi connectivity index (χ2n) is 8.89. The van der Waals surface area contributed by atoms with Crippen LogP contribution in [0.15, 0.2) is 72.8 Å². The Labute approximate surface area is 191 Å². The van der Waals surface area contributed by atoms with Crippen LogP contribution >= 0.6 is 0 Å². The molecule has 0 unspecified atom stereocenters. The maximum atomic E-state index is 12.6. The first kappa shape index (κ1) is 22.1. The Morgan fingerprint density at radius 3 is 2.03 bits per heavy atom. The first-order valence-electron chi connectivity index (χ1n) is 11.8. The largest absolute Gasteiger partial charge is 0.348 e. The van der Waals surface area contributed by atoms with E-state index >= 15 is 0 Å². The highest BCUT2D eigenvalue weighted by molar-refractivity contribution is 5.91. The number of carbonyl (C=O) groups is 1. The Balaban J connectivity index is 1.48. The molecule has 1 aliphatic rings. The molecule has 4 heteroatoms. The summed E-state index contributed by atoms with van der Waals surface area (Å²) in [6.07, 6.45) is 6.80. The van der Waals surface area contributed by atoms with E-state index in [9.17, 15) is 4.79 Å². The topological polar surface area (TPSA) is 45.2 Å². The first-order valence-corrected chi connectivity index (χ1v) is 11.8. The maximum absolute atomic E-state index is 12.6. The standard InChI is InChI=1S/C28H33N3O/c1-22-26(30-28(32)19-23-11-5-2-6-12-23)17-18-27(29-22)31(20-24-13-7-3-8-14-24)21-25-15-9-4-10-16-25/h3-4,7-10,13-18,23H,2,5-6,11-12,19-21H2,1H3,(H,30,32). The van der Waals surface area contributed by atoms with Gasteiger partial charge in [-0.25, -0.2) is 4.98 Å². The molecule has 0 saturated heterocycles. The summed E-state index contributed by atoms with van der Waals surface area (Å²) in [5.74, 6) is 1.56. The Morgan fingerprint density at radius 1 is 0.875 bits per heavy atom. The third-order valence-corrected chi connectivity index (χ3v) is 6.30. The maximum Gasteiger partial charge on any atom is 0.224 e. The minimum absolute atomic E-state index is 0.111. The van der Waals surface area contributed by atoms with E-state index in [2.05, 4.69) is 58.7 Å². The molecule has 2 aromatic carbocycles. The van der Waals surface area contributed by atoms with E-state index in [1.807, 2.05) is 31.2 Å². The molecule has 0 atom stereocenters. The molecule has 0 radical (unpaired) electrons. The van der Waals surface area contributed by atoms with Crippen LogP contribution in [0.25, 0.3) is 0 Å². The van der Waals surface area contributed by atoms with Gasteiger partial charge in [0.25, 0.3) is 0 Å². The number of nitrogens with zero attached hydrogens (tertiary/aromatic N) is 2. The van der Waals surface area contributed by atoms with E-state index in [1.54, 1.807) is 0 Å². The van der Waals surface area contributed by atoms with Crippen molar-refractivity contribution in [3.05, 3.63) is 89.6 Å². The predicted molar refractivity (Wildman–Crippen MR) is 132 cm³/mol. The Hall–Kier alpha value is -3.14. The van der Waals surface area contributed by atoms with Crippen LogP contribution in [0.2, 0.25) is 0 Å². The average molecular weight is 428 g/mol. The van der Waals surface area contributed by atoms with E-state index in [0.717, 1.165) is 30.3 Å². The molecule has 1 fully saturated rings. The van der Waals surface area contributed by atoms with Crippen LogP contribution in [-0.2, 0) is 17.9 Å². The van der Waals surface area contributed by atoms with Gasteiger partial charge in [0, 0.05) is 19.5 Å². The molecule has 4 rings (SSSR count). The molecule has 1 amide bonds. The van der Waals surface area contributed by atoms with Gasteiger partial charge in [-0.2, -0.15) is 0 Å². The van der Waals surface area contributed by atoms with E-state index in [-0.39, 0.29) is 5.91 Å². The summed E-state index contributed by atoms with van der Waals surface area (Å²) < 4.78 is 0. The predicted octanol–water partition coefficient (Wildman–Crippen LogP) is 6.51. The molecule has 1 aromatic heterocycles. The van der Waals surface area contributed by atoms with Gasteiger partial charge in [0.1, 0.15) is 5.82 Å². The van der Waals surface area contributed by atoms with Crippen molar-refractivity contribution in [1.29, 1.82) is 0 Å². The van der Waals surface area contributed by atoms with Gasteiger partial charge >= 0.3 is 0 Å². The summed E-state index contributed by atoms with van der Waals surface area (Å²) in [5.41, 5.74) is 4.15. The summed E-state index contributed by atoms with van der Waals surface area (Å²) >= 11 is 0. The van der Waals surface area contributed by atoms with Crippen molar-refractivity contribution in [1.82, 2.24) is 4.98 Å². The van der Waals surface area contributed by atoms with E-state index in [0.29, 0.717) is 12.3 Å². The number of carbonyl (C=O) groups excluding carboxylic acids is 1. The molecule has 1 N–H and O–H groups in total. The second kappa shape index (κ2) is 10.9. The molecule has 1 heterocycles. The number of hydrogen-bond acceptors (Lipinski definition) is 3. The highest BCUT2D eigenvalue weighted by atomic mass is 16.1. The lowest BCUT2D eigenvalue weighted by atomic mass is 9.87. The van der Waals surface area contributed by atoms with Crippen molar-refractivity contribution in [2.45, 2.75) is 58.5 Å². The van der Waals surface area contributed by atoms with Crippen molar-refractivity contribution in [3.63, 3.8) is 0 Å². The molecule has 0 aliphatic heterocycles. The molecule has 0 spiro atoms. The van der Waals surface area contributed by atoms with Gasteiger partial charge in [0.2, 0.25) is 5.91 Å². The number of hydrogen-bond donors (Lipinski definition) is 1. The lowest BCUT2D eigenvalue weighted by Gasteiger charge is -2.25. The zero-order chi connectivity index (χ0) is 22.2. The fourth-order valence-corrected chi connectivity index (χ4v) is 4.54. The summed E-state index contributed by atoms with van der Waals surface area (Å²) in [6, 6.07) is 25.0. The van der Waals surface area contributed by atoms with Crippen LogP contribution in [0.3, 0.4) is 0 Å². The summed E-state index contributed by atoms with van der Waals surface area (Å²) in [5, 5.41) is 3.10. The number of aryl methyl sites for hydroxylation is 1. The van der Waals surface area contributed by atoms with E-state index in [1.165, 1.54) is 43.2 Å². The molecule has 4 nitrogen and oxygen atoms in total. The van der Waals surface area contributed by atoms with E-state index in [4.69, 9.17) is 4.98 Å². The molecule has 32 heavy (non-hydrogen) atoms. The third kappa shape index (κ3) is 6.19. The van der Waals surface area contributed by atoms with E-state index < -0.39 is 0 Å². The van der Waals surface area contributed by atoms with Crippen LogP contribution in [0.5, 0.6) is 0 Å². The Kier molecular flexibility index (Phi) is 7.55. The third-order valence-electron chi connectivity index (χ3n) is 6.30. The van der Waals surface area contributed by atoms with Crippen LogP contribution in [0, 0.1) is 12.8 Å². The summed E-state index contributed by atoms with van der Waals surface area (Å²) in [4.78, 5) is 19.7. The van der Waals surface area contributed by atoms with Gasteiger partial charge in [-0.1, -0.05) is 79.9 Å². The number of rotatable bonds is 8. The minimum Gasteiger partial charge on any atom is -0.348 e. The highest BCUT2D eigenvalue weighted by Gasteiger charge is 2.18. The number of pyridine rings is 1. The van der Waals surface area contributed by atoms with Gasteiger partial charge in [0.05, 0.1) is 11.4 Å². The molecular weight excluding hydrogens is 394 g/mol. The summed E-state index contributed by atoms with van der Waals surface area (Å²) in [6.45, 7) is 3.52. The van der Waals surface area contributed by atoms with Crippen molar-refractivity contribution < 1.29 is 4.79 Å². The molecule has 1 aliphatic carbocycles. The number of aromatic nitrogens is 1.